The highest BCUT2D eigenvalue weighted by Gasteiger charge is 2.60. The predicted octanol–water partition coefficient (Wildman–Crippen LogP) is 0.788. The van der Waals surface area contributed by atoms with Crippen LogP contribution in [0.3, 0.4) is 0 Å². The fourth-order valence-corrected chi connectivity index (χ4v) is 3.51. The number of anilines is 1. The summed E-state index contributed by atoms with van der Waals surface area (Å²) >= 11 is 0. The first-order valence-electron chi connectivity index (χ1n) is 6.10. The molecule has 5 nitrogen and oxygen atoms in total. The smallest absolute Gasteiger partial charge is 0.240 e. The van der Waals surface area contributed by atoms with Gasteiger partial charge in [-0.05, 0) is 24.3 Å². The first kappa shape index (κ1) is 9.94. The van der Waals surface area contributed by atoms with Crippen LogP contribution in [-0.2, 0) is 9.59 Å². The van der Waals surface area contributed by atoms with E-state index in [0.29, 0.717) is 0 Å². The van der Waals surface area contributed by atoms with Crippen LogP contribution in [0.4, 0.5) is 5.95 Å². The number of nitrogens with zero attached hydrogens (tertiary/aromatic N) is 3. The number of aromatic nitrogens is 2. The van der Waals surface area contributed by atoms with Gasteiger partial charge in [-0.3, -0.25) is 9.59 Å². The summed E-state index contributed by atoms with van der Waals surface area (Å²) in [6, 6.07) is 1.67. The average Bonchev–Trinajstić information content (AvgIpc) is 3.05. The van der Waals surface area contributed by atoms with Gasteiger partial charge in [-0.2, -0.15) is 0 Å². The van der Waals surface area contributed by atoms with E-state index < -0.39 is 0 Å². The molecule has 3 aliphatic rings. The first-order valence-corrected chi connectivity index (χ1v) is 6.10. The molecule has 4 atom stereocenters. The van der Waals surface area contributed by atoms with Gasteiger partial charge < -0.3 is 0 Å². The molecule has 1 saturated carbocycles. The number of allylic oxidation sites excluding steroid dienone is 2. The van der Waals surface area contributed by atoms with Gasteiger partial charge in [-0.15, -0.1) is 0 Å². The van der Waals surface area contributed by atoms with Crippen molar-refractivity contribution >= 4 is 17.8 Å². The number of carbonyl (C=O) groups is 2. The van der Waals surface area contributed by atoms with Gasteiger partial charge >= 0.3 is 0 Å². The third-order valence-corrected chi connectivity index (χ3v) is 4.22. The molecule has 1 aromatic rings. The van der Waals surface area contributed by atoms with Crippen molar-refractivity contribution in [2.24, 2.45) is 23.7 Å². The van der Waals surface area contributed by atoms with Crippen LogP contribution in [0.15, 0.2) is 30.6 Å². The summed E-state index contributed by atoms with van der Waals surface area (Å²) in [4.78, 5) is 34.0. The van der Waals surface area contributed by atoms with Crippen molar-refractivity contribution in [3.63, 3.8) is 0 Å². The van der Waals surface area contributed by atoms with E-state index in [9.17, 15) is 9.59 Å². The Labute approximate surface area is 104 Å². The first-order chi connectivity index (χ1) is 8.77. The van der Waals surface area contributed by atoms with E-state index in [4.69, 9.17) is 0 Å². The molecule has 2 amide bonds. The molecule has 4 rings (SSSR count). The third kappa shape index (κ3) is 1.06. The predicted molar refractivity (Wildman–Crippen MR) is 62.2 cm³/mol. The quantitative estimate of drug-likeness (QED) is 0.538. The SMILES string of the molecule is O=C1C2C3C=CC(C3)C2C(=O)N1c1ncccn1. The lowest BCUT2D eigenvalue weighted by Crippen LogP contribution is -2.34. The fraction of sp³-hybridized carbons (Fsp3) is 0.385. The topological polar surface area (TPSA) is 63.2 Å². The summed E-state index contributed by atoms with van der Waals surface area (Å²) in [5.74, 6) is 0.0327. The van der Waals surface area contributed by atoms with E-state index in [0.717, 1.165) is 6.42 Å². The Balaban J connectivity index is 1.77. The molecular weight excluding hydrogens is 230 g/mol. The second-order valence-electron chi connectivity index (χ2n) is 5.06. The molecular formula is C13H11N3O2. The number of hydrogen-bond donors (Lipinski definition) is 0. The van der Waals surface area contributed by atoms with E-state index >= 15 is 0 Å². The van der Waals surface area contributed by atoms with E-state index in [2.05, 4.69) is 22.1 Å². The largest absolute Gasteiger partial charge is 0.274 e. The summed E-state index contributed by atoms with van der Waals surface area (Å²) in [5, 5.41) is 0. The van der Waals surface area contributed by atoms with Crippen LogP contribution in [0, 0.1) is 23.7 Å². The molecule has 2 heterocycles. The van der Waals surface area contributed by atoms with E-state index in [1.165, 1.54) is 4.90 Å². The Hall–Kier alpha value is -2.04. The summed E-state index contributed by atoms with van der Waals surface area (Å²) in [6.45, 7) is 0. The Morgan fingerprint density at radius 3 is 2.11 bits per heavy atom. The highest BCUT2D eigenvalue weighted by Crippen LogP contribution is 2.52. The molecule has 1 saturated heterocycles. The van der Waals surface area contributed by atoms with Crippen molar-refractivity contribution in [2.45, 2.75) is 6.42 Å². The lowest BCUT2D eigenvalue weighted by molar-refractivity contribution is -0.123. The van der Waals surface area contributed by atoms with Crippen LogP contribution in [-0.4, -0.2) is 21.8 Å². The van der Waals surface area contributed by atoms with Crippen LogP contribution in [0.25, 0.3) is 0 Å². The standard InChI is InChI=1S/C13H11N3O2/c17-11-9-7-2-3-8(6-7)10(9)12(18)16(11)13-14-4-1-5-15-13/h1-5,7-10H,6H2. The van der Waals surface area contributed by atoms with E-state index in [1.807, 2.05) is 0 Å². The van der Waals surface area contributed by atoms with Crippen molar-refractivity contribution < 1.29 is 9.59 Å². The minimum absolute atomic E-state index is 0.131. The zero-order valence-electron chi connectivity index (χ0n) is 9.56. The summed E-state index contributed by atoms with van der Waals surface area (Å²) < 4.78 is 0. The van der Waals surface area contributed by atoms with Crippen molar-refractivity contribution in [1.82, 2.24) is 9.97 Å². The monoisotopic (exact) mass is 241 g/mol. The molecule has 0 aromatic carbocycles. The molecule has 2 aliphatic carbocycles. The third-order valence-electron chi connectivity index (χ3n) is 4.22. The second-order valence-corrected chi connectivity index (χ2v) is 5.06. The van der Waals surface area contributed by atoms with Crippen molar-refractivity contribution in [2.75, 3.05) is 4.90 Å². The second kappa shape index (κ2) is 3.25. The molecule has 0 radical (unpaired) electrons. The molecule has 5 heteroatoms. The number of carbonyl (C=O) groups excluding carboxylic acids is 2. The van der Waals surface area contributed by atoms with Gasteiger partial charge in [0.1, 0.15) is 0 Å². The van der Waals surface area contributed by atoms with Crippen LogP contribution >= 0.6 is 0 Å². The van der Waals surface area contributed by atoms with E-state index in [1.54, 1.807) is 18.5 Å². The molecule has 0 spiro atoms. The maximum absolute atomic E-state index is 12.4. The lowest BCUT2D eigenvalue weighted by atomic mass is 9.85. The minimum Gasteiger partial charge on any atom is -0.274 e. The lowest BCUT2D eigenvalue weighted by Gasteiger charge is -2.14. The maximum Gasteiger partial charge on any atom is 0.240 e. The van der Waals surface area contributed by atoms with Gasteiger partial charge in [0, 0.05) is 12.4 Å². The highest BCUT2D eigenvalue weighted by molar-refractivity contribution is 6.21. The number of hydrogen-bond acceptors (Lipinski definition) is 4. The zero-order valence-corrected chi connectivity index (χ0v) is 9.56. The Morgan fingerprint density at radius 1 is 1.00 bits per heavy atom. The van der Waals surface area contributed by atoms with E-state index in [-0.39, 0.29) is 41.4 Å². The van der Waals surface area contributed by atoms with Crippen molar-refractivity contribution in [1.29, 1.82) is 0 Å². The van der Waals surface area contributed by atoms with Gasteiger partial charge in [-0.25, -0.2) is 14.9 Å². The molecule has 1 aliphatic heterocycles. The summed E-state index contributed by atoms with van der Waals surface area (Å²) in [6.07, 6.45) is 8.18. The van der Waals surface area contributed by atoms with Crippen molar-refractivity contribution in [3.8, 4) is 0 Å². The molecule has 1 aromatic heterocycles. The number of rotatable bonds is 1. The molecule has 2 bridgehead atoms. The molecule has 90 valence electrons. The Bertz CT molecular complexity index is 539. The van der Waals surface area contributed by atoms with Crippen LogP contribution < -0.4 is 4.90 Å². The Morgan fingerprint density at radius 2 is 1.56 bits per heavy atom. The highest BCUT2D eigenvalue weighted by atomic mass is 16.2. The molecule has 0 N–H and O–H groups in total. The van der Waals surface area contributed by atoms with Crippen LogP contribution in [0.2, 0.25) is 0 Å². The fourth-order valence-electron chi connectivity index (χ4n) is 3.51. The zero-order chi connectivity index (χ0) is 12.3. The molecule has 18 heavy (non-hydrogen) atoms. The van der Waals surface area contributed by atoms with Crippen LogP contribution in [0.1, 0.15) is 6.42 Å². The summed E-state index contributed by atoms with van der Waals surface area (Å²) in [5.41, 5.74) is 0. The molecule has 4 unspecified atom stereocenters. The average molecular weight is 241 g/mol. The summed E-state index contributed by atoms with van der Waals surface area (Å²) in [7, 11) is 0. The van der Waals surface area contributed by atoms with Gasteiger partial charge in [0.2, 0.25) is 17.8 Å². The van der Waals surface area contributed by atoms with Crippen molar-refractivity contribution in [3.05, 3.63) is 30.6 Å². The number of imide groups is 1. The van der Waals surface area contributed by atoms with Crippen LogP contribution in [0.5, 0.6) is 0 Å². The minimum atomic E-state index is -0.184. The van der Waals surface area contributed by atoms with Gasteiger partial charge in [-0.1, -0.05) is 12.2 Å². The Kier molecular flexibility index (Phi) is 1.79. The molecule has 2 fully saturated rings. The maximum atomic E-state index is 12.4. The normalized spacial score (nSPS) is 36.6. The number of fused-ring (bicyclic) bond motifs is 5. The number of amides is 2. The van der Waals surface area contributed by atoms with Gasteiger partial charge in [0.15, 0.2) is 0 Å². The van der Waals surface area contributed by atoms with Gasteiger partial charge in [0.25, 0.3) is 0 Å². The van der Waals surface area contributed by atoms with Gasteiger partial charge in [0.05, 0.1) is 11.8 Å².